The second-order valence-corrected chi connectivity index (χ2v) is 4.65. The quantitative estimate of drug-likeness (QED) is 0.690. The molecule has 0 radical (unpaired) electrons. The first-order valence-electron chi connectivity index (χ1n) is 5.08. The van der Waals surface area contributed by atoms with Crippen molar-refractivity contribution >= 4 is 35.1 Å². The van der Waals surface area contributed by atoms with E-state index in [-0.39, 0.29) is 11.6 Å². The number of nitrogens with one attached hydrogen (secondary N) is 1. The van der Waals surface area contributed by atoms with E-state index in [1.54, 1.807) is 17.5 Å². The summed E-state index contributed by atoms with van der Waals surface area (Å²) in [6.07, 6.45) is 1.02. The molecular formula is C12H9ClN2O2S. The maximum Gasteiger partial charge on any atom is 0.367 e. The molecule has 1 N–H and O–H groups in total. The van der Waals surface area contributed by atoms with Crippen LogP contribution in [0.1, 0.15) is 9.80 Å². The molecule has 1 aromatic carbocycles. The van der Waals surface area contributed by atoms with E-state index in [0.29, 0.717) is 10.7 Å². The molecule has 0 atom stereocenters. The van der Waals surface area contributed by atoms with Gasteiger partial charge in [-0.1, -0.05) is 23.7 Å². The molecule has 0 saturated heterocycles. The van der Waals surface area contributed by atoms with Crippen LogP contribution < -0.4 is 0 Å². The lowest BCUT2D eigenvalue weighted by molar-refractivity contribution is 0.0566. The summed E-state index contributed by atoms with van der Waals surface area (Å²) in [7, 11) is 0. The van der Waals surface area contributed by atoms with Crippen molar-refractivity contribution < 1.29 is 9.53 Å². The van der Waals surface area contributed by atoms with Crippen LogP contribution in [0.25, 0.3) is 11.3 Å². The van der Waals surface area contributed by atoms with E-state index in [9.17, 15) is 4.79 Å². The molecular weight excluding hydrogens is 272 g/mol. The van der Waals surface area contributed by atoms with Crippen molar-refractivity contribution in [2.24, 2.45) is 0 Å². The number of rotatable bonds is 4. The Morgan fingerprint density at radius 2 is 2.39 bits per heavy atom. The Bertz CT molecular complexity index is 583. The molecule has 0 aliphatic rings. The zero-order valence-electron chi connectivity index (χ0n) is 9.22. The van der Waals surface area contributed by atoms with E-state index in [2.05, 4.69) is 4.98 Å². The lowest BCUT2D eigenvalue weighted by Gasteiger charge is -1.97. The maximum atomic E-state index is 11.5. The fourth-order valence-corrected chi connectivity index (χ4v) is 2.24. The van der Waals surface area contributed by atoms with Crippen LogP contribution in [0.4, 0.5) is 0 Å². The first-order valence-corrected chi connectivity index (χ1v) is 6.34. The Labute approximate surface area is 113 Å². The number of nitrogens with zero attached hydrogens (tertiary/aromatic N) is 1. The Hall–Kier alpha value is -1.72. The van der Waals surface area contributed by atoms with Crippen molar-refractivity contribution in [2.45, 2.75) is 0 Å². The number of thiazole rings is 1. The summed E-state index contributed by atoms with van der Waals surface area (Å²) in [6.45, 7) is -0.0368. The van der Waals surface area contributed by atoms with E-state index in [4.69, 9.17) is 21.7 Å². The smallest absolute Gasteiger partial charge is 0.367 e. The third kappa shape index (κ3) is 2.94. The monoisotopic (exact) mass is 280 g/mol. The van der Waals surface area contributed by atoms with E-state index in [0.717, 1.165) is 11.8 Å². The molecule has 6 heteroatoms. The predicted molar refractivity (Wildman–Crippen MR) is 71.6 cm³/mol. The molecule has 0 saturated carbocycles. The summed E-state index contributed by atoms with van der Waals surface area (Å²) in [5, 5.41) is 9.45. The zero-order chi connectivity index (χ0) is 13.0. The summed E-state index contributed by atoms with van der Waals surface area (Å²) < 4.78 is 4.79. The molecule has 0 amide bonds. The van der Waals surface area contributed by atoms with Gasteiger partial charge < -0.3 is 10.1 Å². The van der Waals surface area contributed by atoms with Gasteiger partial charge >= 0.3 is 5.97 Å². The summed E-state index contributed by atoms with van der Waals surface area (Å²) in [4.78, 5) is 15.7. The van der Waals surface area contributed by atoms with Crippen LogP contribution in [0.15, 0.2) is 29.6 Å². The number of hydrogen-bond acceptors (Lipinski definition) is 5. The van der Waals surface area contributed by atoms with Crippen molar-refractivity contribution in [1.82, 2.24) is 4.98 Å². The molecule has 0 spiro atoms. The highest BCUT2D eigenvalue weighted by atomic mass is 35.5. The molecule has 0 unspecified atom stereocenters. The van der Waals surface area contributed by atoms with Crippen molar-refractivity contribution in [2.75, 3.05) is 6.61 Å². The van der Waals surface area contributed by atoms with E-state index in [1.807, 2.05) is 12.1 Å². The average molecular weight is 281 g/mol. The number of aromatic nitrogens is 1. The van der Waals surface area contributed by atoms with E-state index >= 15 is 0 Å². The van der Waals surface area contributed by atoms with Crippen LogP contribution in [0.2, 0.25) is 5.02 Å². The van der Waals surface area contributed by atoms with Crippen molar-refractivity contribution in [3.63, 3.8) is 0 Å². The molecule has 18 heavy (non-hydrogen) atoms. The van der Waals surface area contributed by atoms with E-state index < -0.39 is 5.97 Å². The molecule has 0 bridgehead atoms. The second kappa shape index (κ2) is 5.75. The number of ether oxygens (including phenoxy) is 1. The molecule has 0 fully saturated rings. The average Bonchev–Trinajstić information content (AvgIpc) is 2.85. The molecule has 0 aliphatic carbocycles. The summed E-state index contributed by atoms with van der Waals surface area (Å²) in [5.74, 6) is -0.517. The summed E-state index contributed by atoms with van der Waals surface area (Å²) in [5.41, 5.74) is 1.54. The fraction of sp³-hybridized carbons (Fsp3) is 0.0833. The number of carbonyl (C=O) groups excluding carboxylic acids is 1. The zero-order valence-corrected chi connectivity index (χ0v) is 10.8. The van der Waals surface area contributed by atoms with Gasteiger partial charge in [0.25, 0.3) is 0 Å². The maximum absolute atomic E-state index is 11.5. The van der Waals surface area contributed by atoms with Gasteiger partial charge in [0.05, 0.1) is 5.69 Å². The van der Waals surface area contributed by atoms with Crippen molar-refractivity contribution in [3.05, 3.63) is 39.7 Å². The van der Waals surface area contributed by atoms with Crippen LogP contribution in [0.5, 0.6) is 0 Å². The van der Waals surface area contributed by atoms with Gasteiger partial charge in [0.15, 0.2) is 0 Å². The standard InChI is InChI=1S/C12H9ClN2O2S/c13-9-3-1-2-8(6-9)10-7-18-11(15-10)12(16)17-5-4-14/h1-4,6-7,14H,5H2. The molecule has 2 rings (SSSR count). The van der Waals surface area contributed by atoms with Crippen LogP contribution in [0, 0.1) is 5.41 Å². The number of benzene rings is 1. The minimum absolute atomic E-state index is 0.0368. The van der Waals surface area contributed by atoms with Gasteiger partial charge in [0.2, 0.25) is 5.01 Å². The second-order valence-electron chi connectivity index (χ2n) is 3.35. The largest absolute Gasteiger partial charge is 0.455 e. The summed E-state index contributed by atoms with van der Waals surface area (Å²) >= 11 is 7.10. The Morgan fingerprint density at radius 1 is 1.56 bits per heavy atom. The van der Waals surface area contributed by atoms with Crippen molar-refractivity contribution in [1.29, 1.82) is 5.41 Å². The molecule has 2 aromatic rings. The van der Waals surface area contributed by atoms with Gasteiger partial charge in [0.1, 0.15) is 6.61 Å². The first kappa shape index (κ1) is 12.7. The molecule has 0 aliphatic heterocycles. The summed E-state index contributed by atoms with van der Waals surface area (Å²) in [6, 6.07) is 7.25. The van der Waals surface area contributed by atoms with Crippen LogP contribution >= 0.6 is 22.9 Å². The van der Waals surface area contributed by atoms with Gasteiger partial charge in [-0.2, -0.15) is 0 Å². The molecule has 1 aromatic heterocycles. The van der Waals surface area contributed by atoms with Gasteiger partial charge in [-0.15, -0.1) is 11.3 Å². The molecule has 92 valence electrons. The highest BCUT2D eigenvalue weighted by molar-refractivity contribution is 7.11. The van der Waals surface area contributed by atoms with Gasteiger partial charge in [0, 0.05) is 22.2 Å². The third-order valence-electron chi connectivity index (χ3n) is 2.10. The van der Waals surface area contributed by atoms with Crippen LogP contribution in [-0.2, 0) is 4.74 Å². The fourth-order valence-electron chi connectivity index (χ4n) is 1.33. The highest BCUT2D eigenvalue weighted by Gasteiger charge is 2.13. The third-order valence-corrected chi connectivity index (χ3v) is 3.15. The van der Waals surface area contributed by atoms with Gasteiger partial charge in [-0.05, 0) is 12.1 Å². The first-order chi connectivity index (χ1) is 8.70. The Balaban J connectivity index is 2.20. The minimum Gasteiger partial charge on any atom is -0.455 e. The predicted octanol–water partition coefficient (Wildman–Crippen LogP) is 3.27. The number of esters is 1. The lowest BCUT2D eigenvalue weighted by Crippen LogP contribution is -2.06. The number of carbonyl (C=O) groups is 1. The topological polar surface area (TPSA) is 63.0 Å². The van der Waals surface area contributed by atoms with Crippen molar-refractivity contribution in [3.8, 4) is 11.3 Å². The highest BCUT2D eigenvalue weighted by Crippen LogP contribution is 2.24. The van der Waals surface area contributed by atoms with Crippen LogP contribution in [-0.4, -0.2) is 23.8 Å². The molecule has 1 heterocycles. The number of halogens is 1. The Kier molecular flexibility index (Phi) is 4.07. The Morgan fingerprint density at radius 3 is 3.11 bits per heavy atom. The lowest BCUT2D eigenvalue weighted by atomic mass is 10.2. The minimum atomic E-state index is -0.517. The van der Waals surface area contributed by atoms with Crippen LogP contribution in [0.3, 0.4) is 0 Å². The molecule has 4 nitrogen and oxygen atoms in total. The normalized spacial score (nSPS) is 10.1. The van der Waals surface area contributed by atoms with Gasteiger partial charge in [-0.3, -0.25) is 0 Å². The van der Waals surface area contributed by atoms with E-state index in [1.165, 1.54) is 11.3 Å². The SMILES string of the molecule is N=CCOC(=O)c1nc(-c2cccc(Cl)c2)cs1. The number of hydrogen-bond donors (Lipinski definition) is 1. The van der Waals surface area contributed by atoms with Gasteiger partial charge in [-0.25, -0.2) is 9.78 Å².